The van der Waals surface area contributed by atoms with Crippen molar-refractivity contribution in [2.24, 2.45) is 5.92 Å². The summed E-state index contributed by atoms with van der Waals surface area (Å²) in [6.45, 7) is 0.0691. The summed E-state index contributed by atoms with van der Waals surface area (Å²) in [5, 5.41) is 2.66. The highest BCUT2D eigenvalue weighted by molar-refractivity contribution is 9.10. The molecule has 3 rings (SSSR count). The number of halogens is 1. The molecule has 1 heterocycles. The van der Waals surface area contributed by atoms with Gasteiger partial charge in [-0.15, -0.1) is 0 Å². The van der Waals surface area contributed by atoms with Crippen LogP contribution >= 0.6 is 15.9 Å². The van der Waals surface area contributed by atoms with Crippen LogP contribution in [0.3, 0.4) is 0 Å². The fraction of sp³-hybridized carbons (Fsp3) is 0.500. The first-order valence-electron chi connectivity index (χ1n) is 8.54. The molecule has 2 fully saturated rings. The van der Waals surface area contributed by atoms with Gasteiger partial charge in [-0.1, -0.05) is 28.8 Å². The highest BCUT2D eigenvalue weighted by atomic mass is 79.9. The van der Waals surface area contributed by atoms with Gasteiger partial charge in [0.15, 0.2) is 6.61 Å². The van der Waals surface area contributed by atoms with Crippen molar-refractivity contribution in [3.05, 3.63) is 28.7 Å². The molecule has 25 heavy (non-hydrogen) atoms. The second-order valence-corrected chi connectivity index (χ2v) is 7.46. The smallest absolute Gasteiger partial charge is 0.311 e. The first kappa shape index (κ1) is 17.9. The van der Waals surface area contributed by atoms with Gasteiger partial charge in [0.1, 0.15) is 0 Å². The summed E-state index contributed by atoms with van der Waals surface area (Å²) in [7, 11) is 0. The summed E-state index contributed by atoms with van der Waals surface area (Å²) in [4.78, 5) is 38.0. The van der Waals surface area contributed by atoms with Crippen LogP contribution in [0, 0.1) is 5.92 Å². The number of carbonyl (C=O) groups excluding carboxylic acids is 3. The number of nitrogens with zero attached hydrogens (tertiary/aromatic N) is 1. The first-order valence-corrected chi connectivity index (χ1v) is 9.34. The van der Waals surface area contributed by atoms with Crippen LogP contribution < -0.4 is 5.32 Å². The highest BCUT2D eigenvalue weighted by Crippen LogP contribution is 2.29. The van der Waals surface area contributed by atoms with Crippen LogP contribution in [0.2, 0.25) is 0 Å². The normalized spacial score (nSPS) is 20.8. The molecule has 6 nitrogen and oxygen atoms in total. The Bertz CT molecular complexity index is 656. The monoisotopic (exact) mass is 408 g/mol. The Morgan fingerprint density at radius 2 is 1.88 bits per heavy atom. The number of esters is 1. The summed E-state index contributed by atoms with van der Waals surface area (Å²) >= 11 is 3.32. The van der Waals surface area contributed by atoms with Crippen LogP contribution in [0.1, 0.15) is 32.1 Å². The lowest BCUT2D eigenvalue weighted by molar-refractivity contribution is -0.151. The van der Waals surface area contributed by atoms with Crippen LogP contribution in [0.15, 0.2) is 28.7 Å². The number of hydrogen-bond donors (Lipinski definition) is 1. The van der Waals surface area contributed by atoms with Gasteiger partial charge in [-0.3, -0.25) is 14.4 Å². The Kier molecular flexibility index (Phi) is 5.73. The van der Waals surface area contributed by atoms with Crippen molar-refractivity contribution in [1.29, 1.82) is 0 Å². The molecule has 1 saturated heterocycles. The molecule has 0 unspecified atom stereocenters. The van der Waals surface area contributed by atoms with Gasteiger partial charge in [-0.05, 0) is 37.1 Å². The van der Waals surface area contributed by atoms with Gasteiger partial charge < -0.3 is 15.0 Å². The molecule has 1 aromatic carbocycles. The Morgan fingerprint density at radius 3 is 2.56 bits per heavy atom. The zero-order valence-electron chi connectivity index (χ0n) is 13.9. The predicted molar refractivity (Wildman–Crippen MR) is 95.8 cm³/mol. The molecule has 1 aliphatic carbocycles. The Balaban J connectivity index is 1.45. The van der Waals surface area contributed by atoms with Gasteiger partial charge in [0.05, 0.1) is 5.92 Å². The van der Waals surface area contributed by atoms with Crippen molar-refractivity contribution < 1.29 is 19.1 Å². The second-order valence-electron chi connectivity index (χ2n) is 6.55. The molecule has 2 aliphatic rings. The van der Waals surface area contributed by atoms with Crippen LogP contribution in [0.5, 0.6) is 0 Å². The predicted octanol–water partition coefficient (Wildman–Crippen LogP) is 2.72. The summed E-state index contributed by atoms with van der Waals surface area (Å²) in [6.07, 6.45) is 4.50. The van der Waals surface area contributed by atoms with E-state index in [4.69, 9.17) is 4.74 Å². The lowest BCUT2D eigenvalue weighted by Gasteiger charge is -2.23. The third kappa shape index (κ3) is 4.60. The largest absolute Gasteiger partial charge is 0.455 e. The molecule has 7 heteroatoms. The molecule has 0 spiro atoms. The number of rotatable bonds is 5. The van der Waals surface area contributed by atoms with Gasteiger partial charge in [-0.25, -0.2) is 0 Å². The number of amides is 2. The molecule has 1 aliphatic heterocycles. The molecule has 2 amide bonds. The van der Waals surface area contributed by atoms with Gasteiger partial charge in [0.2, 0.25) is 5.91 Å². The topological polar surface area (TPSA) is 75.7 Å². The SMILES string of the molecule is O=C(COC(=O)[C@H]1CC(=O)N(C2CCCC2)C1)Nc1ccc(Br)cc1. The van der Waals surface area contributed by atoms with Crippen molar-refractivity contribution in [2.45, 2.75) is 38.1 Å². The number of nitrogens with one attached hydrogen (secondary N) is 1. The minimum absolute atomic E-state index is 0.0214. The number of ether oxygens (including phenoxy) is 1. The molecule has 1 atom stereocenters. The van der Waals surface area contributed by atoms with E-state index in [9.17, 15) is 14.4 Å². The summed E-state index contributed by atoms with van der Waals surface area (Å²) < 4.78 is 6.02. The van der Waals surface area contributed by atoms with Crippen LogP contribution in [0.25, 0.3) is 0 Å². The van der Waals surface area contributed by atoms with Gasteiger partial charge >= 0.3 is 5.97 Å². The third-order valence-electron chi connectivity index (χ3n) is 4.73. The van der Waals surface area contributed by atoms with Crippen molar-refractivity contribution in [3.8, 4) is 0 Å². The van der Waals surface area contributed by atoms with Gasteiger partial charge in [0, 0.05) is 29.2 Å². The lowest BCUT2D eigenvalue weighted by Crippen LogP contribution is -2.35. The van der Waals surface area contributed by atoms with Crippen molar-refractivity contribution in [3.63, 3.8) is 0 Å². The van der Waals surface area contributed by atoms with Crippen molar-refractivity contribution in [2.75, 3.05) is 18.5 Å². The lowest BCUT2D eigenvalue weighted by atomic mass is 10.1. The average molecular weight is 409 g/mol. The fourth-order valence-corrected chi connectivity index (χ4v) is 3.71. The minimum Gasteiger partial charge on any atom is -0.455 e. The molecule has 1 aromatic rings. The molecule has 134 valence electrons. The molecule has 1 saturated carbocycles. The molecule has 0 radical (unpaired) electrons. The number of hydrogen-bond acceptors (Lipinski definition) is 4. The number of anilines is 1. The van der Waals surface area contributed by atoms with E-state index in [1.54, 1.807) is 12.1 Å². The maximum atomic E-state index is 12.2. The van der Waals surface area contributed by atoms with Gasteiger partial charge in [-0.2, -0.15) is 0 Å². The summed E-state index contributed by atoms with van der Waals surface area (Å²) in [5.74, 6) is -1.31. The molecular weight excluding hydrogens is 388 g/mol. The quantitative estimate of drug-likeness (QED) is 0.759. The molecule has 1 N–H and O–H groups in total. The van der Waals surface area contributed by atoms with Crippen LogP contribution in [-0.2, 0) is 19.1 Å². The van der Waals surface area contributed by atoms with E-state index in [2.05, 4.69) is 21.2 Å². The molecular formula is C18H21BrN2O4. The average Bonchev–Trinajstić information content (AvgIpc) is 3.24. The van der Waals surface area contributed by atoms with E-state index in [-0.39, 0.29) is 25.0 Å². The number of carbonyl (C=O) groups is 3. The van der Waals surface area contributed by atoms with Gasteiger partial charge in [0.25, 0.3) is 5.91 Å². The molecule has 0 aromatic heterocycles. The van der Waals surface area contributed by atoms with E-state index in [1.165, 1.54) is 0 Å². The second kappa shape index (κ2) is 7.99. The van der Waals surface area contributed by atoms with E-state index >= 15 is 0 Å². The van der Waals surface area contributed by atoms with E-state index in [0.29, 0.717) is 12.2 Å². The number of benzene rings is 1. The Morgan fingerprint density at radius 1 is 1.20 bits per heavy atom. The first-order chi connectivity index (χ1) is 12.0. The zero-order valence-corrected chi connectivity index (χ0v) is 15.5. The van der Waals surface area contributed by atoms with Crippen molar-refractivity contribution >= 4 is 39.4 Å². The maximum absolute atomic E-state index is 12.2. The standard InChI is InChI=1S/C18H21BrN2O4/c19-13-5-7-14(8-6-13)20-16(22)11-25-18(24)12-9-17(23)21(10-12)15-3-1-2-4-15/h5-8,12,15H,1-4,9-11H2,(H,20,22)/t12-/m0/s1. The summed E-state index contributed by atoms with van der Waals surface area (Å²) in [6, 6.07) is 7.39. The number of likely N-dealkylation sites (tertiary alicyclic amines) is 1. The van der Waals surface area contributed by atoms with Crippen LogP contribution in [-0.4, -0.2) is 41.9 Å². The minimum atomic E-state index is -0.472. The van der Waals surface area contributed by atoms with E-state index in [0.717, 1.165) is 30.2 Å². The maximum Gasteiger partial charge on any atom is 0.311 e. The zero-order chi connectivity index (χ0) is 17.8. The van der Waals surface area contributed by atoms with Crippen molar-refractivity contribution in [1.82, 2.24) is 4.90 Å². The molecule has 0 bridgehead atoms. The fourth-order valence-electron chi connectivity index (χ4n) is 3.44. The van der Waals surface area contributed by atoms with E-state index in [1.807, 2.05) is 17.0 Å². The van der Waals surface area contributed by atoms with Crippen LogP contribution in [0.4, 0.5) is 5.69 Å². The van der Waals surface area contributed by atoms with E-state index < -0.39 is 17.8 Å². The Labute approximate surface area is 155 Å². The third-order valence-corrected chi connectivity index (χ3v) is 5.26. The highest BCUT2D eigenvalue weighted by Gasteiger charge is 2.39. The summed E-state index contributed by atoms with van der Waals surface area (Å²) in [5.41, 5.74) is 0.632. The Hall–Kier alpha value is -1.89.